The molecule has 13 heavy (non-hydrogen) atoms. The molecule has 1 saturated heterocycles. The van der Waals surface area contributed by atoms with Crippen molar-refractivity contribution < 1.29 is 14.2 Å². The summed E-state index contributed by atoms with van der Waals surface area (Å²) in [5, 5.41) is 12.3. The summed E-state index contributed by atoms with van der Waals surface area (Å²) in [4.78, 5) is 0. The third-order valence-corrected chi connectivity index (χ3v) is 1.99. The Morgan fingerprint density at radius 3 is 2.85 bits per heavy atom. The SMILES string of the molecule is Oc1c(F)cccc1OC1CNC1. The minimum absolute atomic E-state index is 0.0488. The predicted molar refractivity (Wildman–Crippen MR) is 45.4 cm³/mol. The Kier molecular flexibility index (Phi) is 2.06. The number of phenolic OH excluding ortho intramolecular Hbond substituents is 1. The maximum atomic E-state index is 12.8. The molecule has 70 valence electrons. The first-order valence-electron chi connectivity index (χ1n) is 4.12. The van der Waals surface area contributed by atoms with E-state index >= 15 is 0 Å². The van der Waals surface area contributed by atoms with E-state index in [0.717, 1.165) is 13.1 Å². The minimum Gasteiger partial charge on any atom is -0.502 e. The van der Waals surface area contributed by atoms with Gasteiger partial charge in [-0.05, 0) is 12.1 Å². The largest absolute Gasteiger partial charge is 0.502 e. The van der Waals surface area contributed by atoms with E-state index in [2.05, 4.69) is 5.32 Å². The Balaban J connectivity index is 2.14. The highest BCUT2D eigenvalue weighted by molar-refractivity contribution is 5.39. The van der Waals surface area contributed by atoms with Gasteiger partial charge in [0.1, 0.15) is 6.10 Å². The molecular formula is C9H10FNO2. The molecule has 4 heteroatoms. The van der Waals surface area contributed by atoms with Gasteiger partial charge in [0.25, 0.3) is 0 Å². The highest BCUT2D eigenvalue weighted by Crippen LogP contribution is 2.29. The number of benzene rings is 1. The Morgan fingerprint density at radius 1 is 1.46 bits per heavy atom. The molecule has 0 unspecified atom stereocenters. The first kappa shape index (κ1) is 8.31. The van der Waals surface area contributed by atoms with Gasteiger partial charge in [-0.15, -0.1) is 0 Å². The van der Waals surface area contributed by atoms with Gasteiger partial charge in [0.15, 0.2) is 17.3 Å². The number of rotatable bonds is 2. The van der Waals surface area contributed by atoms with Crippen molar-refractivity contribution in [3.05, 3.63) is 24.0 Å². The Bertz CT molecular complexity index is 312. The van der Waals surface area contributed by atoms with E-state index in [1.54, 1.807) is 6.07 Å². The molecule has 1 aliphatic rings. The van der Waals surface area contributed by atoms with Crippen LogP contribution in [0.2, 0.25) is 0 Å². The number of ether oxygens (including phenoxy) is 1. The number of halogens is 1. The van der Waals surface area contributed by atoms with Gasteiger partial charge in [0, 0.05) is 13.1 Å². The zero-order valence-corrected chi connectivity index (χ0v) is 6.96. The van der Waals surface area contributed by atoms with Crippen LogP contribution in [-0.4, -0.2) is 24.3 Å². The number of hydrogen-bond donors (Lipinski definition) is 2. The molecule has 2 N–H and O–H groups in total. The van der Waals surface area contributed by atoms with Crippen molar-refractivity contribution in [3.63, 3.8) is 0 Å². The number of aromatic hydroxyl groups is 1. The van der Waals surface area contributed by atoms with Crippen molar-refractivity contribution in [2.75, 3.05) is 13.1 Å². The van der Waals surface area contributed by atoms with Crippen LogP contribution in [0.15, 0.2) is 18.2 Å². The minimum atomic E-state index is -0.648. The lowest BCUT2D eigenvalue weighted by atomic mass is 10.2. The van der Waals surface area contributed by atoms with E-state index in [1.165, 1.54) is 12.1 Å². The zero-order chi connectivity index (χ0) is 9.26. The van der Waals surface area contributed by atoms with E-state index < -0.39 is 11.6 Å². The van der Waals surface area contributed by atoms with E-state index in [-0.39, 0.29) is 11.9 Å². The molecule has 0 atom stereocenters. The molecule has 1 aliphatic heterocycles. The molecule has 0 radical (unpaired) electrons. The number of hydrogen-bond acceptors (Lipinski definition) is 3. The highest BCUT2D eigenvalue weighted by Gasteiger charge is 2.20. The van der Waals surface area contributed by atoms with Crippen LogP contribution < -0.4 is 10.1 Å². The Labute approximate surface area is 75.1 Å². The second kappa shape index (κ2) is 3.22. The molecule has 2 rings (SSSR count). The lowest BCUT2D eigenvalue weighted by molar-refractivity contribution is 0.136. The van der Waals surface area contributed by atoms with Crippen LogP contribution in [0, 0.1) is 5.82 Å². The normalized spacial score (nSPS) is 16.7. The summed E-state index contributed by atoms with van der Waals surface area (Å²) in [6, 6.07) is 4.26. The molecule has 0 spiro atoms. The van der Waals surface area contributed by atoms with Crippen molar-refractivity contribution in [1.82, 2.24) is 5.32 Å². The van der Waals surface area contributed by atoms with E-state index in [0.29, 0.717) is 0 Å². The van der Waals surface area contributed by atoms with Crippen LogP contribution >= 0.6 is 0 Å². The Hall–Kier alpha value is -1.29. The van der Waals surface area contributed by atoms with Gasteiger partial charge in [-0.25, -0.2) is 4.39 Å². The average Bonchev–Trinajstić information content (AvgIpc) is 2.04. The van der Waals surface area contributed by atoms with Crippen LogP contribution in [0.5, 0.6) is 11.5 Å². The molecule has 3 nitrogen and oxygen atoms in total. The van der Waals surface area contributed by atoms with Crippen molar-refractivity contribution in [1.29, 1.82) is 0 Å². The number of para-hydroxylation sites is 1. The van der Waals surface area contributed by atoms with Crippen LogP contribution in [0.4, 0.5) is 4.39 Å². The van der Waals surface area contributed by atoms with Gasteiger partial charge >= 0.3 is 0 Å². The summed E-state index contributed by atoms with van der Waals surface area (Å²) in [5.41, 5.74) is 0. The van der Waals surface area contributed by atoms with Crippen LogP contribution in [0.25, 0.3) is 0 Å². The summed E-state index contributed by atoms with van der Waals surface area (Å²) < 4.78 is 18.1. The van der Waals surface area contributed by atoms with Crippen molar-refractivity contribution >= 4 is 0 Å². The molecular weight excluding hydrogens is 173 g/mol. The van der Waals surface area contributed by atoms with Crippen LogP contribution in [-0.2, 0) is 0 Å². The van der Waals surface area contributed by atoms with Crippen LogP contribution in [0.1, 0.15) is 0 Å². The van der Waals surface area contributed by atoms with Crippen molar-refractivity contribution in [3.8, 4) is 11.5 Å². The summed E-state index contributed by atoms with van der Waals surface area (Å²) >= 11 is 0. The fourth-order valence-corrected chi connectivity index (χ4v) is 1.12. The highest BCUT2D eigenvalue weighted by atomic mass is 19.1. The Morgan fingerprint density at radius 2 is 2.23 bits per heavy atom. The fraction of sp³-hybridized carbons (Fsp3) is 0.333. The van der Waals surface area contributed by atoms with E-state index in [1.807, 2.05) is 0 Å². The van der Waals surface area contributed by atoms with Gasteiger partial charge in [-0.1, -0.05) is 6.07 Å². The molecule has 1 fully saturated rings. The summed E-state index contributed by atoms with van der Waals surface area (Å²) in [6.45, 7) is 1.49. The van der Waals surface area contributed by atoms with Gasteiger partial charge in [-0.3, -0.25) is 0 Å². The first-order valence-corrected chi connectivity index (χ1v) is 4.12. The quantitative estimate of drug-likeness (QED) is 0.715. The molecule has 1 aromatic rings. The van der Waals surface area contributed by atoms with Crippen molar-refractivity contribution in [2.24, 2.45) is 0 Å². The number of phenols is 1. The molecule has 0 bridgehead atoms. The van der Waals surface area contributed by atoms with E-state index in [4.69, 9.17) is 4.74 Å². The molecule has 0 aliphatic carbocycles. The van der Waals surface area contributed by atoms with Gasteiger partial charge in [0.05, 0.1) is 0 Å². The second-order valence-electron chi connectivity index (χ2n) is 2.98. The third kappa shape index (κ3) is 1.58. The summed E-state index contributed by atoms with van der Waals surface area (Å²) in [6.07, 6.45) is 0.0488. The van der Waals surface area contributed by atoms with Crippen molar-refractivity contribution in [2.45, 2.75) is 6.10 Å². The monoisotopic (exact) mass is 183 g/mol. The van der Waals surface area contributed by atoms with Crippen LogP contribution in [0.3, 0.4) is 0 Å². The molecule has 1 aromatic carbocycles. The fourth-order valence-electron chi connectivity index (χ4n) is 1.12. The third-order valence-electron chi connectivity index (χ3n) is 1.99. The average molecular weight is 183 g/mol. The lowest BCUT2D eigenvalue weighted by Gasteiger charge is -2.27. The smallest absolute Gasteiger partial charge is 0.194 e. The lowest BCUT2D eigenvalue weighted by Crippen LogP contribution is -2.50. The maximum absolute atomic E-state index is 12.8. The van der Waals surface area contributed by atoms with Gasteiger partial charge < -0.3 is 15.2 Å². The maximum Gasteiger partial charge on any atom is 0.194 e. The van der Waals surface area contributed by atoms with Gasteiger partial charge in [-0.2, -0.15) is 0 Å². The van der Waals surface area contributed by atoms with Gasteiger partial charge in [0.2, 0.25) is 0 Å². The molecule has 0 aromatic heterocycles. The molecule has 1 heterocycles. The predicted octanol–water partition coefficient (Wildman–Crippen LogP) is 0.882. The summed E-state index contributed by atoms with van der Waals surface area (Å²) in [5.74, 6) is -0.842. The first-order chi connectivity index (χ1) is 6.27. The number of nitrogens with one attached hydrogen (secondary N) is 1. The second-order valence-corrected chi connectivity index (χ2v) is 2.98. The molecule has 0 saturated carbocycles. The topological polar surface area (TPSA) is 41.5 Å². The standard InChI is InChI=1S/C9H10FNO2/c10-7-2-1-3-8(9(7)12)13-6-4-11-5-6/h1-3,6,11-12H,4-5H2. The molecule has 0 amide bonds. The van der Waals surface area contributed by atoms with E-state index in [9.17, 15) is 9.50 Å². The summed E-state index contributed by atoms with van der Waals surface area (Å²) in [7, 11) is 0. The zero-order valence-electron chi connectivity index (χ0n) is 6.96.